The van der Waals surface area contributed by atoms with E-state index in [-0.39, 0.29) is 0 Å². The van der Waals surface area contributed by atoms with Crippen LogP contribution in [0.15, 0.2) is 18.2 Å². The maximum atomic E-state index is 3.19. The van der Waals surface area contributed by atoms with Crippen LogP contribution in [0, 0.1) is 0 Å². The number of nitrogens with one attached hydrogen (secondary N) is 1. The van der Waals surface area contributed by atoms with Crippen LogP contribution in [0.1, 0.15) is 24.0 Å². The summed E-state index contributed by atoms with van der Waals surface area (Å²) in [7, 11) is 4.16. The second kappa shape index (κ2) is 3.62. The Morgan fingerprint density at radius 1 is 1.50 bits per heavy atom. The first kappa shape index (κ1) is 9.53. The van der Waals surface area contributed by atoms with Gasteiger partial charge in [0.1, 0.15) is 0 Å². The molecule has 0 radical (unpaired) electrons. The van der Waals surface area contributed by atoms with E-state index in [1.165, 1.54) is 16.8 Å². The molecule has 14 heavy (non-hydrogen) atoms. The fraction of sp³-hybridized carbons (Fsp3) is 0.500. The minimum absolute atomic E-state index is 0.673. The van der Waals surface area contributed by atoms with Gasteiger partial charge in [0.15, 0.2) is 0 Å². The molecular formula is C12H18N2. The van der Waals surface area contributed by atoms with Crippen molar-refractivity contribution < 1.29 is 0 Å². The van der Waals surface area contributed by atoms with Gasteiger partial charge in [-0.25, -0.2) is 0 Å². The summed E-state index contributed by atoms with van der Waals surface area (Å²) in [5.74, 6) is 0.673. The van der Waals surface area contributed by atoms with Crippen LogP contribution < -0.4 is 10.2 Å². The van der Waals surface area contributed by atoms with Crippen molar-refractivity contribution in [2.75, 3.05) is 25.5 Å². The zero-order chi connectivity index (χ0) is 10.1. The first-order valence-corrected chi connectivity index (χ1v) is 5.21. The highest BCUT2D eigenvalue weighted by Crippen LogP contribution is 2.35. The Labute approximate surface area is 85.9 Å². The number of hydrogen-bond donors (Lipinski definition) is 1. The van der Waals surface area contributed by atoms with Crippen molar-refractivity contribution in [1.82, 2.24) is 5.32 Å². The zero-order valence-corrected chi connectivity index (χ0v) is 9.17. The minimum atomic E-state index is 0.673. The topological polar surface area (TPSA) is 15.3 Å². The van der Waals surface area contributed by atoms with Gasteiger partial charge >= 0.3 is 0 Å². The van der Waals surface area contributed by atoms with Gasteiger partial charge in [0.05, 0.1) is 0 Å². The number of hydrogen-bond acceptors (Lipinski definition) is 2. The third-order valence-electron chi connectivity index (χ3n) is 2.96. The van der Waals surface area contributed by atoms with Crippen molar-refractivity contribution in [3.8, 4) is 0 Å². The third kappa shape index (κ3) is 1.50. The second-order valence-corrected chi connectivity index (χ2v) is 4.21. The summed E-state index contributed by atoms with van der Waals surface area (Å²) in [6, 6.07) is 6.79. The second-order valence-electron chi connectivity index (χ2n) is 4.21. The maximum Gasteiger partial charge on any atom is 0.0399 e. The molecule has 2 nitrogen and oxygen atoms in total. The molecule has 0 aliphatic carbocycles. The van der Waals surface area contributed by atoms with Gasteiger partial charge in [0, 0.05) is 31.7 Å². The van der Waals surface area contributed by atoms with Gasteiger partial charge < -0.3 is 10.2 Å². The Kier molecular flexibility index (Phi) is 2.46. The standard InChI is InChI=1S/C12H18N2/c1-9-8-14(3)12-5-4-10(7-13-2)6-11(9)12/h4-6,9,13H,7-8H2,1-3H3. The van der Waals surface area contributed by atoms with Gasteiger partial charge in [-0.3, -0.25) is 0 Å². The molecule has 2 rings (SSSR count). The van der Waals surface area contributed by atoms with E-state index in [4.69, 9.17) is 0 Å². The van der Waals surface area contributed by atoms with Gasteiger partial charge in [-0.1, -0.05) is 19.1 Å². The summed E-state index contributed by atoms with van der Waals surface area (Å²) in [6.45, 7) is 4.41. The van der Waals surface area contributed by atoms with Crippen molar-refractivity contribution in [2.45, 2.75) is 19.4 Å². The molecule has 2 heteroatoms. The average molecular weight is 190 g/mol. The Balaban J connectivity index is 2.35. The van der Waals surface area contributed by atoms with Crippen LogP contribution in [-0.4, -0.2) is 20.6 Å². The zero-order valence-electron chi connectivity index (χ0n) is 9.17. The van der Waals surface area contributed by atoms with Crippen LogP contribution in [0.4, 0.5) is 5.69 Å². The fourth-order valence-corrected chi connectivity index (χ4v) is 2.27. The van der Waals surface area contributed by atoms with Crippen molar-refractivity contribution in [3.63, 3.8) is 0 Å². The largest absolute Gasteiger partial charge is 0.374 e. The highest BCUT2D eigenvalue weighted by Gasteiger charge is 2.22. The van der Waals surface area contributed by atoms with E-state index in [2.05, 4.69) is 42.4 Å². The fourth-order valence-electron chi connectivity index (χ4n) is 2.27. The van der Waals surface area contributed by atoms with Gasteiger partial charge in [0.25, 0.3) is 0 Å². The minimum Gasteiger partial charge on any atom is -0.374 e. The Bertz CT molecular complexity index is 333. The number of benzene rings is 1. The van der Waals surface area contributed by atoms with Crippen LogP contribution in [0.25, 0.3) is 0 Å². The molecule has 1 aromatic rings. The van der Waals surface area contributed by atoms with Crippen LogP contribution in [0.3, 0.4) is 0 Å². The van der Waals surface area contributed by atoms with E-state index >= 15 is 0 Å². The molecule has 1 aromatic carbocycles. The van der Waals surface area contributed by atoms with E-state index in [1.54, 1.807) is 0 Å². The molecule has 0 aromatic heterocycles. The highest BCUT2D eigenvalue weighted by atomic mass is 15.1. The quantitative estimate of drug-likeness (QED) is 0.767. The predicted molar refractivity (Wildman–Crippen MR) is 60.9 cm³/mol. The summed E-state index contributed by atoms with van der Waals surface area (Å²) in [5.41, 5.74) is 4.28. The van der Waals surface area contributed by atoms with Crippen molar-refractivity contribution in [2.24, 2.45) is 0 Å². The first-order valence-electron chi connectivity index (χ1n) is 5.21. The van der Waals surface area contributed by atoms with Crippen LogP contribution in [-0.2, 0) is 6.54 Å². The molecular weight excluding hydrogens is 172 g/mol. The maximum absolute atomic E-state index is 3.19. The molecule has 0 spiro atoms. The van der Waals surface area contributed by atoms with E-state index in [0.717, 1.165) is 13.1 Å². The van der Waals surface area contributed by atoms with Gasteiger partial charge in [-0.2, -0.15) is 0 Å². The Hall–Kier alpha value is -1.02. The molecule has 1 aliphatic rings. The van der Waals surface area contributed by atoms with Crippen molar-refractivity contribution >= 4 is 5.69 Å². The summed E-state index contributed by atoms with van der Waals surface area (Å²) in [6.07, 6.45) is 0. The smallest absolute Gasteiger partial charge is 0.0399 e. The molecule has 0 amide bonds. The summed E-state index contributed by atoms with van der Waals surface area (Å²) in [5, 5.41) is 3.19. The number of rotatable bonds is 2. The molecule has 1 unspecified atom stereocenters. The van der Waals surface area contributed by atoms with E-state index in [1.807, 2.05) is 7.05 Å². The lowest BCUT2D eigenvalue weighted by atomic mass is 10.0. The number of likely N-dealkylation sites (N-methyl/N-ethyl adjacent to an activating group) is 1. The molecule has 1 aliphatic heterocycles. The monoisotopic (exact) mass is 190 g/mol. The first-order chi connectivity index (χ1) is 6.72. The Morgan fingerprint density at radius 2 is 2.29 bits per heavy atom. The van der Waals surface area contributed by atoms with E-state index < -0.39 is 0 Å². The van der Waals surface area contributed by atoms with E-state index in [9.17, 15) is 0 Å². The normalized spacial score (nSPS) is 19.9. The predicted octanol–water partition coefficient (Wildman–Crippen LogP) is 1.96. The van der Waals surface area contributed by atoms with Crippen LogP contribution in [0.2, 0.25) is 0 Å². The highest BCUT2D eigenvalue weighted by molar-refractivity contribution is 5.60. The number of fused-ring (bicyclic) bond motifs is 1. The lowest BCUT2D eigenvalue weighted by Crippen LogP contribution is -2.13. The molecule has 0 saturated carbocycles. The van der Waals surface area contributed by atoms with Crippen molar-refractivity contribution in [3.05, 3.63) is 29.3 Å². The van der Waals surface area contributed by atoms with Crippen molar-refractivity contribution in [1.29, 1.82) is 0 Å². The molecule has 0 bridgehead atoms. The molecule has 76 valence electrons. The molecule has 1 atom stereocenters. The summed E-state index contributed by atoms with van der Waals surface area (Å²) in [4.78, 5) is 2.34. The molecule has 1 heterocycles. The van der Waals surface area contributed by atoms with Gasteiger partial charge in [0.2, 0.25) is 0 Å². The molecule has 0 fully saturated rings. The lowest BCUT2D eigenvalue weighted by molar-refractivity contribution is 0.789. The number of anilines is 1. The average Bonchev–Trinajstić information content (AvgIpc) is 2.43. The number of nitrogens with zero attached hydrogens (tertiary/aromatic N) is 1. The van der Waals surface area contributed by atoms with Crippen LogP contribution in [0.5, 0.6) is 0 Å². The summed E-state index contributed by atoms with van der Waals surface area (Å²) < 4.78 is 0. The lowest BCUT2D eigenvalue weighted by Gasteiger charge is -2.11. The Morgan fingerprint density at radius 3 is 3.00 bits per heavy atom. The third-order valence-corrected chi connectivity index (χ3v) is 2.96. The van der Waals surface area contributed by atoms with Gasteiger partial charge in [-0.05, 0) is 24.2 Å². The van der Waals surface area contributed by atoms with Gasteiger partial charge in [-0.15, -0.1) is 0 Å². The van der Waals surface area contributed by atoms with Crippen LogP contribution >= 0.6 is 0 Å². The molecule has 0 saturated heterocycles. The summed E-state index contributed by atoms with van der Waals surface area (Å²) >= 11 is 0. The SMILES string of the molecule is CNCc1ccc2c(c1)C(C)CN2C. The molecule has 1 N–H and O–H groups in total. The van der Waals surface area contributed by atoms with E-state index in [0.29, 0.717) is 5.92 Å².